The maximum Gasteiger partial charge on any atom is 0.0120 e. The Morgan fingerprint density at radius 2 is 1.05 bits per heavy atom. The van der Waals surface area contributed by atoms with Gasteiger partial charge in [0.15, 0.2) is 0 Å². The predicted octanol–water partition coefficient (Wildman–Crippen LogP) is 0.498. The molecule has 3 heterocycles. The summed E-state index contributed by atoms with van der Waals surface area (Å²) in [7, 11) is 0. The van der Waals surface area contributed by atoms with Crippen LogP contribution in [0.1, 0.15) is 32.1 Å². The Kier molecular flexibility index (Phi) is 5.10. The molecule has 3 aliphatic heterocycles. The summed E-state index contributed by atoms with van der Waals surface area (Å²) in [4.78, 5) is 5.52. The van der Waals surface area contributed by atoms with Crippen LogP contribution in [-0.2, 0) is 0 Å². The number of nitrogens with zero attached hydrogens (tertiary/aromatic N) is 2. The normalized spacial score (nSPS) is 33.2. The molecule has 0 aromatic carbocycles. The molecule has 0 bridgehead atoms. The number of hydrogen-bond acceptors (Lipinski definition) is 4. The van der Waals surface area contributed by atoms with Crippen LogP contribution >= 0.6 is 0 Å². The van der Waals surface area contributed by atoms with Crippen LogP contribution in [-0.4, -0.2) is 74.2 Å². The van der Waals surface area contributed by atoms with Gasteiger partial charge in [0.25, 0.3) is 0 Å². The SMILES string of the molecule is C1CNCCC(N2CCN(C3CCNCC3)CC2)C1. The summed E-state index contributed by atoms with van der Waals surface area (Å²) in [5.41, 5.74) is 0. The summed E-state index contributed by atoms with van der Waals surface area (Å²) < 4.78 is 0. The number of piperidine rings is 1. The minimum atomic E-state index is 0.852. The van der Waals surface area contributed by atoms with Gasteiger partial charge in [-0.15, -0.1) is 0 Å². The summed E-state index contributed by atoms with van der Waals surface area (Å²) >= 11 is 0. The first kappa shape index (κ1) is 13.8. The van der Waals surface area contributed by atoms with Crippen LogP contribution in [0.25, 0.3) is 0 Å². The standard InChI is InChI=1S/C15H30N4/c1-2-14(3-7-16-6-1)18-10-12-19(13-11-18)15-4-8-17-9-5-15/h14-17H,1-13H2. The second-order valence-electron chi connectivity index (χ2n) is 6.39. The topological polar surface area (TPSA) is 30.5 Å². The lowest BCUT2D eigenvalue weighted by Gasteiger charge is -2.43. The molecule has 3 aliphatic rings. The van der Waals surface area contributed by atoms with Gasteiger partial charge in [-0.2, -0.15) is 0 Å². The molecule has 1 unspecified atom stereocenters. The van der Waals surface area contributed by atoms with Crippen molar-refractivity contribution in [2.45, 2.75) is 44.2 Å². The molecule has 0 aromatic heterocycles. The minimum absolute atomic E-state index is 0.852. The quantitative estimate of drug-likeness (QED) is 0.762. The van der Waals surface area contributed by atoms with Gasteiger partial charge in [-0.05, 0) is 58.3 Å². The predicted molar refractivity (Wildman–Crippen MR) is 79.5 cm³/mol. The van der Waals surface area contributed by atoms with Crippen LogP contribution in [0.15, 0.2) is 0 Å². The van der Waals surface area contributed by atoms with E-state index in [1.807, 2.05) is 0 Å². The monoisotopic (exact) mass is 266 g/mol. The molecule has 4 nitrogen and oxygen atoms in total. The summed E-state index contributed by atoms with van der Waals surface area (Å²) in [6, 6.07) is 1.71. The first-order chi connectivity index (χ1) is 9.43. The van der Waals surface area contributed by atoms with E-state index >= 15 is 0 Å². The second kappa shape index (κ2) is 7.02. The van der Waals surface area contributed by atoms with Gasteiger partial charge in [-0.3, -0.25) is 9.80 Å². The van der Waals surface area contributed by atoms with Crippen LogP contribution in [0.2, 0.25) is 0 Å². The van der Waals surface area contributed by atoms with Crippen molar-refractivity contribution < 1.29 is 0 Å². The third-order valence-corrected chi connectivity index (χ3v) is 5.24. The lowest BCUT2D eigenvalue weighted by atomic mass is 10.0. The van der Waals surface area contributed by atoms with Crippen molar-refractivity contribution in [2.24, 2.45) is 0 Å². The lowest BCUT2D eigenvalue weighted by Crippen LogP contribution is -2.54. The highest BCUT2D eigenvalue weighted by Gasteiger charge is 2.28. The summed E-state index contributed by atoms with van der Waals surface area (Å²) in [6.07, 6.45) is 6.83. The average molecular weight is 266 g/mol. The van der Waals surface area contributed by atoms with Crippen molar-refractivity contribution in [1.82, 2.24) is 20.4 Å². The van der Waals surface area contributed by atoms with Gasteiger partial charge >= 0.3 is 0 Å². The molecule has 2 N–H and O–H groups in total. The highest BCUT2D eigenvalue weighted by molar-refractivity contribution is 4.85. The summed E-state index contributed by atoms with van der Waals surface area (Å²) in [6.45, 7) is 10.1. The summed E-state index contributed by atoms with van der Waals surface area (Å²) in [5.74, 6) is 0. The molecule has 0 radical (unpaired) electrons. The van der Waals surface area contributed by atoms with Gasteiger partial charge in [-0.1, -0.05) is 0 Å². The van der Waals surface area contributed by atoms with Gasteiger partial charge in [0.1, 0.15) is 0 Å². The summed E-state index contributed by atoms with van der Waals surface area (Å²) in [5, 5.41) is 7.01. The van der Waals surface area contributed by atoms with E-state index < -0.39 is 0 Å². The molecule has 3 fully saturated rings. The zero-order chi connectivity index (χ0) is 12.9. The molecule has 0 aromatic rings. The molecule has 0 amide bonds. The van der Waals surface area contributed by atoms with Gasteiger partial charge in [0, 0.05) is 38.3 Å². The highest BCUT2D eigenvalue weighted by Crippen LogP contribution is 2.19. The second-order valence-corrected chi connectivity index (χ2v) is 6.39. The van der Waals surface area contributed by atoms with Crippen LogP contribution in [0.3, 0.4) is 0 Å². The first-order valence-electron chi connectivity index (χ1n) is 8.33. The molecular weight excluding hydrogens is 236 g/mol. The molecule has 0 aliphatic carbocycles. The maximum absolute atomic E-state index is 3.53. The highest BCUT2D eigenvalue weighted by atomic mass is 15.3. The fourth-order valence-electron chi connectivity index (χ4n) is 4.01. The molecule has 3 saturated heterocycles. The Morgan fingerprint density at radius 3 is 1.63 bits per heavy atom. The van der Waals surface area contributed by atoms with E-state index in [-0.39, 0.29) is 0 Å². The third kappa shape index (κ3) is 3.69. The van der Waals surface area contributed by atoms with E-state index in [1.54, 1.807) is 0 Å². The number of piperazine rings is 1. The lowest BCUT2D eigenvalue weighted by molar-refractivity contribution is 0.0554. The zero-order valence-corrected chi connectivity index (χ0v) is 12.2. The average Bonchev–Trinajstić information content (AvgIpc) is 2.77. The van der Waals surface area contributed by atoms with Crippen molar-refractivity contribution in [3.05, 3.63) is 0 Å². The molecule has 1 atom stereocenters. The first-order valence-corrected chi connectivity index (χ1v) is 8.33. The van der Waals surface area contributed by atoms with Crippen molar-refractivity contribution in [1.29, 1.82) is 0 Å². The number of rotatable bonds is 2. The molecule has 110 valence electrons. The minimum Gasteiger partial charge on any atom is -0.317 e. The van der Waals surface area contributed by atoms with Crippen molar-refractivity contribution >= 4 is 0 Å². The fourth-order valence-corrected chi connectivity index (χ4v) is 4.01. The molecule has 19 heavy (non-hydrogen) atoms. The van der Waals surface area contributed by atoms with Crippen molar-refractivity contribution in [3.8, 4) is 0 Å². The van der Waals surface area contributed by atoms with E-state index in [1.165, 1.54) is 84.5 Å². The van der Waals surface area contributed by atoms with Crippen LogP contribution in [0, 0.1) is 0 Å². The molecule has 0 spiro atoms. The molecule has 3 rings (SSSR count). The van der Waals surface area contributed by atoms with E-state index in [9.17, 15) is 0 Å². The smallest absolute Gasteiger partial charge is 0.0120 e. The van der Waals surface area contributed by atoms with Crippen LogP contribution < -0.4 is 10.6 Å². The largest absolute Gasteiger partial charge is 0.317 e. The third-order valence-electron chi connectivity index (χ3n) is 5.24. The Morgan fingerprint density at radius 1 is 0.579 bits per heavy atom. The van der Waals surface area contributed by atoms with E-state index in [2.05, 4.69) is 20.4 Å². The zero-order valence-electron chi connectivity index (χ0n) is 12.2. The molecule has 4 heteroatoms. The van der Waals surface area contributed by atoms with E-state index in [4.69, 9.17) is 0 Å². The van der Waals surface area contributed by atoms with Crippen molar-refractivity contribution in [3.63, 3.8) is 0 Å². The number of nitrogens with one attached hydrogen (secondary N) is 2. The van der Waals surface area contributed by atoms with Crippen LogP contribution in [0.4, 0.5) is 0 Å². The number of hydrogen-bond donors (Lipinski definition) is 2. The van der Waals surface area contributed by atoms with Crippen LogP contribution in [0.5, 0.6) is 0 Å². The van der Waals surface area contributed by atoms with E-state index in [0.717, 1.165) is 12.1 Å². The van der Waals surface area contributed by atoms with Gasteiger partial charge < -0.3 is 10.6 Å². The van der Waals surface area contributed by atoms with Gasteiger partial charge in [0.05, 0.1) is 0 Å². The fraction of sp³-hybridized carbons (Fsp3) is 1.00. The Hall–Kier alpha value is -0.160. The molecular formula is C15H30N4. The van der Waals surface area contributed by atoms with E-state index in [0.29, 0.717) is 0 Å². The van der Waals surface area contributed by atoms with Crippen molar-refractivity contribution in [2.75, 3.05) is 52.4 Å². The molecule has 0 saturated carbocycles. The maximum atomic E-state index is 3.53. The van der Waals surface area contributed by atoms with Gasteiger partial charge in [-0.25, -0.2) is 0 Å². The van der Waals surface area contributed by atoms with Gasteiger partial charge in [0.2, 0.25) is 0 Å². The Labute approximate surface area is 117 Å². The Bertz CT molecular complexity index is 249. The Balaban J connectivity index is 1.45.